The van der Waals surface area contributed by atoms with E-state index in [2.05, 4.69) is 0 Å². The number of benzene rings is 1. The maximum atomic E-state index is 13.3. The minimum absolute atomic E-state index is 0.0316. The fraction of sp³-hybridized carbons (Fsp3) is 0.0909. The fourth-order valence-electron chi connectivity index (χ4n) is 1.03. The van der Waals surface area contributed by atoms with Gasteiger partial charge in [0.15, 0.2) is 6.29 Å². The minimum Gasteiger partial charge on any atom is -0.298 e. The second-order valence-electron chi connectivity index (χ2n) is 2.63. The molecule has 1 aromatic rings. The molecular formula is C11H8FNO. The van der Waals surface area contributed by atoms with E-state index in [0.29, 0.717) is 11.8 Å². The molecule has 0 saturated carbocycles. The average molecular weight is 189 g/mol. The van der Waals surface area contributed by atoms with Crippen molar-refractivity contribution in [3.8, 4) is 6.07 Å². The maximum absolute atomic E-state index is 13.3. The summed E-state index contributed by atoms with van der Waals surface area (Å²) in [6, 6.07) is 6.46. The Morgan fingerprint density at radius 3 is 2.79 bits per heavy atom. The summed E-state index contributed by atoms with van der Waals surface area (Å²) in [7, 11) is 0. The molecule has 0 saturated heterocycles. The van der Waals surface area contributed by atoms with Crippen LogP contribution in [0.2, 0.25) is 0 Å². The van der Waals surface area contributed by atoms with Crippen molar-refractivity contribution in [1.82, 2.24) is 0 Å². The van der Waals surface area contributed by atoms with Crippen molar-refractivity contribution in [1.29, 1.82) is 5.26 Å². The number of hydrogen-bond donors (Lipinski definition) is 0. The number of nitriles is 1. The number of carbonyl (C=O) groups excluding carboxylic acids is 1. The van der Waals surface area contributed by atoms with Gasteiger partial charge in [0.25, 0.3) is 0 Å². The quantitative estimate of drug-likeness (QED) is 0.685. The monoisotopic (exact) mass is 189 g/mol. The average Bonchev–Trinajstić information content (AvgIpc) is 2.21. The van der Waals surface area contributed by atoms with Crippen LogP contribution in [0.5, 0.6) is 0 Å². The lowest BCUT2D eigenvalue weighted by atomic mass is 10.1. The van der Waals surface area contributed by atoms with Crippen LogP contribution in [0.15, 0.2) is 24.3 Å². The van der Waals surface area contributed by atoms with Crippen LogP contribution in [0.4, 0.5) is 4.39 Å². The molecule has 0 heterocycles. The predicted octanol–water partition coefficient (Wildman–Crippen LogP) is 2.57. The van der Waals surface area contributed by atoms with Crippen LogP contribution in [0.3, 0.4) is 0 Å². The number of nitrogens with zero attached hydrogens (tertiary/aromatic N) is 1. The first-order valence-corrected chi connectivity index (χ1v) is 4.06. The van der Waals surface area contributed by atoms with Crippen LogP contribution in [-0.2, 0) is 0 Å². The number of aldehydes is 1. The molecule has 0 amide bonds. The molecule has 2 nitrogen and oxygen atoms in total. The molecule has 0 aliphatic carbocycles. The zero-order chi connectivity index (χ0) is 10.4. The van der Waals surface area contributed by atoms with Crippen molar-refractivity contribution >= 4 is 12.4 Å². The first-order valence-electron chi connectivity index (χ1n) is 4.06. The van der Waals surface area contributed by atoms with E-state index in [-0.39, 0.29) is 12.0 Å². The Balaban J connectivity index is 2.99. The molecule has 0 atom stereocenters. The lowest BCUT2D eigenvalue weighted by Gasteiger charge is -1.98. The molecule has 0 spiro atoms. The zero-order valence-electron chi connectivity index (χ0n) is 7.40. The van der Waals surface area contributed by atoms with Crippen LogP contribution in [0.25, 0.3) is 6.08 Å². The first kappa shape index (κ1) is 10.1. The van der Waals surface area contributed by atoms with Crippen LogP contribution >= 0.6 is 0 Å². The van der Waals surface area contributed by atoms with Gasteiger partial charge < -0.3 is 0 Å². The highest BCUT2D eigenvalue weighted by Gasteiger charge is 2.03. The summed E-state index contributed by atoms with van der Waals surface area (Å²) in [4.78, 5) is 10.4. The fourth-order valence-corrected chi connectivity index (χ4v) is 1.03. The first-order chi connectivity index (χ1) is 6.79. The SMILES string of the molecule is N#CCC=Cc1cccc(C=O)c1F. The standard InChI is InChI=1S/C11H8FNO/c12-11-9(4-1-2-7-13)5-3-6-10(11)8-14/h1,3-6,8H,2H2. The Bertz CT molecular complexity index is 404. The molecular weight excluding hydrogens is 181 g/mol. The van der Waals surface area contributed by atoms with Gasteiger partial charge in [-0.3, -0.25) is 4.79 Å². The Morgan fingerprint density at radius 2 is 2.14 bits per heavy atom. The third kappa shape index (κ3) is 2.27. The van der Waals surface area contributed by atoms with Crippen LogP contribution < -0.4 is 0 Å². The highest BCUT2D eigenvalue weighted by atomic mass is 19.1. The van der Waals surface area contributed by atoms with Gasteiger partial charge in [-0.1, -0.05) is 24.3 Å². The molecule has 70 valence electrons. The Kier molecular flexibility index (Phi) is 3.57. The molecule has 1 rings (SSSR count). The lowest BCUT2D eigenvalue weighted by Crippen LogP contribution is -1.90. The smallest absolute Gasteiger partial charge is 0.153 e. The number of hydrogen-bond acceptors (Lipinski definition) is 2. The third-order valence-corrected chi connectivity index (χ3v) is 1.69. The van der Waals surface area contributed by atoms with E-state index in [0.717, 1.165) is 0 Å². The van der Waals surface area contributed by atoms with Crippen molar-refractivity contribution in [3.05, 3.63) is 41.2 Å². The highest BCUT2D eigenvalue weighted by molar-refractivity contribution is 5.77. The number of allylic oxidation sites excluding steroid dienone is 1. The number of halogens is 1. The molecule has 0 aromatic heterocycles. The van der Waals surface area contributed by atoms with E-state index in [1.807, 2.05) is 6.07 Å². The minimum atomic E-state index is -0.545. The van der Waals surface area contributed by atoms with Crippen LogP contribution in [0.1, 0.15) is 22.3 Å². The normalized spacial score (nSPS) is 10.0. The van der Waals surface area contributed by atoms with Crippen molar-refractivity contribution < 1.29 is 9.18 Å². The Morgan fingerprint density at radius 1 is 1.43 bits per heavy atom. The van der Waals surface area contributed by atoms with Gasteiger partial charge in [-0.15, -0.1) is 0 Å². The maximum Gasteiger partial charge on any atom is 0.153 e. The molecule has 0 aliphatic heterocycles. The zero-order valence-corrected chi connectivity index (χ0v) is 7.40. The topological polar surface area (TPSA) is 40.9 Å². The summed E-state index contributed by atoms with van der Waals surface area (Å²) in [6.45, 7) is 0. The number of rotatable bonds is 3. The van der Waals surface area contributed by atoms with Gasteiger partial charge in [-0.05, 0) is 6.07 Å². The van der Waals surface area contributed by atoms with E-state index in [9.17, 15) is 9.18 Å². The largest absolute Gasteiger partial charge is 0.298 e. The summed E-state index contributed by atoms with van der Waals surface area (Å²) in [5, 5.41) is 8.26. The second kappa shape index (κ2) is 4.93. The van der Waals surface area contributed by atoms with Crippen LogP contribution in [0, 0.1) is 17.1 Å². The summed E-state index contributed by atoms with van der Waals surface area (Å²) < 4.78 is 13.3. The van der Waals surface area contributed by atoms with Gasteiger partial charge in [0.05, 0.1) is 18.1 Å². The Hall–Kier alpha value is -1.95. The van der Waals surface area contributed by atoms with E-state index in [4.69, 9.17) is 5.26 Å². The van der Waals surface area contributed by atoms with E-state index in [1.165, 1.54) is 12.1 Å². The molecule has 0 aliphatic rings. The summed E-state index contributed by atoms with van der Waals surface area (Å²) >= 11 is 0. The van der Waals surface area contributed by atoms with Gasteiger partial charge in [0.1, 0.15) is 5.82 Å². The van der Waals surface area contributed by atoms with Crippen LogP contribution in [-0.4, -0.2) is 6.29 Å². The third-order valence-electron chi connectivity index (χ3n) is 1.69. The van der Waals surface area contributed by atoms with Crippen molar-refractivity contribution in [2.24, 2.45) is 0 Å². The summed E-state index contributed by atoms with van der Waals surface area (Å²) in [5.74, 6) is -0.545. The lowest BCUT2D eigenvalue weighted by molar-refractivity contribution is 0.112. The van der Waals surface area contributed by atoms with Gasteiger partial charge in [0, 0.05) is 5.56 Å². The van der Waals surface area contributed by atoms with Gasteiger partial charge in [-0.2, -0.15) is 5.26 Å². The molecule has 0 bridgehead atoms. The summed E-state index contributed by atoms with van der Waals surface area (Å²) in [6.07, 6.45) is 3.74. The molecule has 0 N–H and O–H groups in total. The second-order valence-corrected chi connectivity index (χ2v) is 2.63. The molecule has 1 aromatic carbocycles. The predicted molar refractivity (Wildman–Crippen MR) is 51.1 cm³/mol. The molecule has 14 heavy (non-hydrogen) atoms. The number of carbonyl (C=O) groups is 1. The van der Waals surface area contributed by atoms with Crippen molar-refractivity contribution in [2.45, 2.75) is 6.42 Å². The molecule has 0 unspecified atom stereocenters. The molecule has 3 heteroatoms. The molecule has 0 fully saturated rings. The van der Waals surface area contributed by atoms with Gasteiger partial charge in [0.2, 0.25) is 0 Å². The Labute approximate surface area is 81.3 Å². The van der Waals surface area contributed by atoms with Gasteiger partial charge >= 0.3 is 0 Å². The summed E-state index contributed by atoms with van der Waals surface area (Å²) in [5.41, 5.74) is 0.356. The van der Waals surface area contributed by atoms with Crippen molar-refractivity contribution in [3.63, 3.8) is 0 Å². The van der Waals surface area contributed by atoms with E-state index < -0.39 is 5.82 Å². The van der Waals surface area contributed by atoms with E-state index in [1.54, 1.807) is 18.2 Å². The highest BCUT2D eigenvalue weighted by Crippen LogP contribution is 2.12. The van der Waals surface area contributed by atoms with E-state index >= 15 is 0 Å². The van der Waals surface area contributed by atoms with Gasteiger partial charge in [-0.25, -0.2) is 4.39 Å². The van der Waals surface area contributed by atoms with Crippen molar-refractivity contribution in [2.75, 3.05) is 0 Å². The molecule has 0 radical (unpaired) electrons.